The van der Waals surface area contributed by atoms with Gasteiger partial charge in [0.15, 0.2) is 0 Å². The minimum absolute atomic E-state index is 0. The smallest absolute Gasteiger partial charge is 0.184 e. The first-order valence-corrected chi connectivity index (χ1v) is 2.58. The summed E-state index contributed by atoms with van der Waals surface area (Å²) in [5, 5.41) is 0. The first kappa shape index (κ1) is 8.56. The summed E-state index contributed by atoms with van der Waals surface area (Å²) >= 11 is 0. The summed E-state index contributed by atoms with van der Waals surface area (Å²) in [5.41, 5.74) is 0. The number of allylic oxidation sites excluding steroid dienone is 8. The van der Waals surface area contributed by atoms with Crippen LogP contribution in [-0.4, -0.2) is 0 Å². The van der Waals surface area contributed by atoms with Crippen LogP contribution in [0.5, 0.6) is 0 Å². The van der Waals surface area contributed by atoms with Crippen LogP contribution in [0.2, 0.25) is 0 Å². The van der Waals surface area contributed by atoms with E-state index in [9.17, 15) is 0 Å². The first-order chi connectivity index (χ1) is 4.00. The van der Waals surface area contributed by atoms with E-state index in [1.165, 1.54) is 0 Å². The van der Waals surface area contributed by atoms with Crippen molar-refractivity contribution in [2.24, 2.45) is 0 Å². The normalized spacial score (nSPS) is 21.3. The molecule has 0 spiro atoms. The Bertz CT molecular complexity index is 105. The molecule has 1 rings (SSSR count). The van der Waals surface area contributed by atoms with Gasteiger partial charge in [0, 0.05) is 0 Å². The third-order valence-electron chi connectivity index (χ3n) is 0.829. The van der Waals surface area contributed by atoms with Crippen LogP contribution in [0.4, 0.5) is 0 Å². The molecule has 0 unspecified atom stereocenters. The Morgan fingerprint density at radius 1 is 0.778 bits per heavy atom. The van der Waals surface area contributed by atoms with Crippen LogP contribution < -0.4 is 18.9 Å². The maximum absolute atomic E-state index is 2.94. The second kappa shape index (κ2) is 5.69. The minimum Gasteiger partial charge on any atom is -0.184 e. The standard InChI is InChI=1S/C8H7.Li/c1-2-4-6-8-7-5-3-1;/h1-7H;/q-1;+1/b2-1-,3-1?,4-2?,5-3-,6-4?,7-5?;. The predicted octanol–water partition coefficient (Wildman–Crippen LogP) is -0.968. The summed E-state index contributed by atoms with van der Waals surface area (Å²) in [6.45, 7) is 0. The summed E-state index contributed by atoms with van der Waals surface area (Å²) in [6.07, 6.45) is 16.5. The second-order valence-corrected chi connectivity index (χ2v) is 1.46. The van der Waals surface area contributed by atoms with Crippen molar-refractivity contribution < 1.29 is 18.9 Å². The topological polar surface area (TPSA) is 0 Å². The Labute approximate surface area is 67.8 Å². The molecule has 0 N–H and O–H groups in total. The molecule has 0 radical (unpaired) electrons. The van der Waals surface area contributed by atoms with Crippen LogP contribution in [-0.2, 0) is 0 Å². The van der Waals surface area contributed by atoms with Crippen molar-refractivity contribution in [1.82, 2.24) is 0 Å². The molecule has 9 heavy (non-hydrogen) atoms. The summed E-state index contributed by atoms with van der Waals surface area (Å²) < 4.78 is 0. The zero-order valence-electron chi connectivity index (χ0n) is 5.54. The van der Waals surface area contributed by atoms with E-state index in [0.29, 0.717) is 0 Å². The molecule has 1 aliphatic rings. The molecular formula is C8H7Li. The zero-order valence-corrected chi connectivity index (χ0v) is 5.54. The molecular weight excluding hydrogens is 103 g/mol. The van der Waals surface area contributed by atoms with Crippen LogP contribution >= 0.6 is 0 Å². The van der Waals surface area contributed by atoms with Gasteiger partial charge in [0.05, 0.1) is 0 Å². The molecule has 0 nitrogen and oxygen atoms in total. The van der Waals surface area contributed by atoms with Gasteiger partial charge in [-0.1, -0.05) is 6.08 Å². The molecule has 0 aromatic heterocycles. The zero-order chi connectivity index (χ0) is 5.66. The van der Waals surface area contributed by atoms with E-state index in [0.717, 1.165) is 0 Å². The van der Waals surface area contributed by atoms with E-state index in [4.69, 9.17) is 0 Å². The molecule has 0 amide bonds. The van der Waals surface area contributed by atoms with Gasteiger partial charge in [-0.3, -0.25) is 0 Å². The Balaban J connectivity index is 0.000000640. The van der Waals surface area contributed by atoms with E-state index in [1.807, 2.05) is 42.5 Å². The van der Waals surface area contributed by atoms with Gasteiger partial charge in [0.25, 0.3) is 0 Å². The van der Waals surface area contributed by atoms with Crippen molar-refractivity contribution in [3.05, 3.63) is 48.6 Å². The average Bonchev–Trinajstić information content (AvgIpc) is 1.62. The fourth-order valence-corrected chi connectivity index (χ4v) is 0.470. The van der Waals surface area contributed by atoms with Crippen molar-refractivity contribution in [3.8, 4) is 0 Å². The Hall–Kier alpha value is -0.443. The molecule has 0 saturated heterocycles. The van der Waals surface area contributed by atoms with E-state index in [2.05, 4.69) is 6.08 Å². The van der Waals surface area contributed by atoms with Gasteiger partial charge < -0.3 is 0 Å². The summed E-state index contributed by atoms with van der Waals surface area (Å²) in [6, 6.07) is 0. The molecule has 1 heteroatoms. The second-order valence-electron chi connectivity index (χ2n) is 1.46. The summed E-state index contributed by atoms with van der Waals surface area (Å²) in [5.74, 6) is 0. The molecule has 0 aromatic rings. The van der Waals surface area contributed by atoms with E-state index < -0.39 is 0 Å². The third-order valence-corrected chi connectivity index (χ3v) is 0.829. The monoisotopic (exact) mass is 110 g/mol. The Morgan fingerprint density at radius 3 is 2.33 bits per heavy atom. The maximum atomic E-state index is 2.94. The molecule has 0 heterocycles. The van der Waals surface area contributed by atoms with Crippen LogP contribution in [0.15, 0.2) is 42.5 Å². The molecule has 0 fully saturated rings. The van der Waals surface area contributed by atoms with Crippen LogP contribution in [0.3, 0.4) is 0 Å². The van der Waals surface area contributed by atoms with E-state index in [-0.39, 0.29) is 18.9 Å². The maximum Gasteiger partial charge on any atom is 1.00 e. The predicted molar refractivity (Wildman–Crippen MR) is 35.2 cm³/mol. The van der Waals surface area contributed by atoms with Gasteiger partial charge in [-0.25, -0.2) is 0 Å². The molecule has 1 aliphatic carbocycles. The van der Waals surface area contributed by atoms with Crippen molar-refractivity contribution in [3.63, 3.8) is 0 Å². The van der Waals surface area contributed by atoms with Crippen molar-refractivity contribution in [1.29, 1.82) is 0 Å². The Kier molecular flexibility index (Phi) is 5.41. The molecule has 0 aliphatic heterocycles. The fraction of sp³-hybridized carbons (Fsp3) is 0. The van der Waals surface area contributed by atoms with Gasteiger partial charge in [-0.05, 0) is 0 Å². The third kappa shape index (κ3) is 4.09. The first-order valence-electron chi connectivity index (χ1n) is 2.58. The van der Waals surface area contributed by atoms with E-state index in [1.54, 1.807) is 0 Å². The average molecular weight is 110 g/mol. The largest absolute Gasteiger partial charge is 1.00 e. The van der Waals surface area contributed by atoms with Crippen molar-refractivity contribution >= 4 is 0 Å². The van der Waals surface area contributed by atoms with Gasteiger partial charge in [0.1, 0.15) is 0 Å². The summed E-state index contributed by atoms with van der Waals surface area (Å²) in [4.78, 5) is 0. The molecule has 0 bridgehead atoms. The minimum atomic E-state index is 0. The molecule has 0 atom stereocenters. The molecule has 0 saturated carbocycles. The van der Waals surface area contributed by atoms with Crippen LogP contribution in [0.1, 0.15) is 0 Å². The number of hydrogen-bond acceptors (Lipinski definition) is 0. The van der Waals surface area contributed by atoms with E-state index >= 15 is 0 Å². The van der Waals surface area contributed by atoms with Gasteiger partial charge >= 0.3 is 18.9 Å². The molecule has 0 aromatic carbocycles. The quantitative estimate of drug-likeness (QED) is 0.278. The van der Waals surface area contributed by atoms with Crippen LogP contribution in [0.25, 0.3) is 0 Å². The Morgan fingerprint density at radius 2 is 1.44 bits per heavy atom. The van der Waals surface area contributed by atoms with Gasteiger partial charge in [0.2, 0.25) is 0 Å². The summed E-state index contributed by atoms with van der Waals surface area (Å²) in [7, 11) is 0. The van der Waals surface area contributed by atoms with Crippen molar-refractivity contribution in [2.75, 3.05) is 0 Å². The molecule has 40 valence electrons. The fourth-order valence-electron chi connectivity index (χ4n) is 0.470. The van der Waals surface area contributed by atoms with Gasteiger partial charge in [-0.15, -0.1) is 12.2 Å². The number of rotatable bonds is 0. The van der Waals surface area contributed by atoms with Crippen LogP contribution in [0, 0.1) is 6.08 Å². The van der Waals surface area contributed by atoms with Gasteiger partial charge in [-0.2, -0.15) is 30.4 Å². The SMILES string of the molecule is [C-]1=C/C=C\C=C/C=C1.[Li+]. The number of hydrogen-bond donors (Lipinski definition) is 0. The van der Waals surface area contributed by atoms with Crippen molar-refractivity contribution in [2.45, 2.75) is 0 Å².